The van der Waals surface area contributed by atoms with Gasteiger partial charge in [0.25, 0.3) is 0 Å². The summed E-state index contributed by atoms with van der Waals surface area (Å²) >= 11 is 2.10. The first kappa shape index (κ1) is 15.3. The third-order valence-electron chi connectivity index (χ3n) is 3.88. The molecule has 1 aliphatic heterocycles. The van der Waals surface area contributed by atoms with E-state index in [1.54, 1.807) is 0 Å². The van der Waals surface area contributed by atoms with Gasteiger partial charge < -0.3 is 5.32 Å². The standard InChI is InChI=1S/C14H30N2S/c1-6-14(5,10-15-12(2)3)11-16-7-8-17-9-13(16)4/h12-13,15H,6-11H2,1-5H3. The fraction of sp³-hybridized carbons (Fsp3) is 1.00. The van der Waals surface area contributed by atoms with Crippen LogP contribution in [0.2, 0.25) is 0 Å². The predicted octanol–water partition coefficient (Wildman–Crippen LogP) is 2.84. The zero-order chi connectivity index (χ0) is 12.9. The van der Waals surface area contributed by atoms with Gasteiger partial charge in [0, 0.05) is 43.2 Å². The minimum absolute atomic E-state index is 0.417. The quantitative estimate of drug-likeness (QED) is 0.789. The normalized spacial score (nSPS) is 26.1. The topological polar surface area (TPSA) is 15.3 Å². The van der Waals surface area contributed by atoms with Crippen LogP contribution in [0.5, 0.6) is 0 Å². The van der Waals surface area contributed by atoms with Gasteiger partial charge in [0.05, 0.1) is 0 Å². The third kappa shape index (κ3) is 5.19. The molecule has 0 saturated carbocycles. The molecule has 1 heterocycles. The summed E-state index contributed by atoms with van der Waals surface area (Å²) in [5.41, 5.74) is 0.417. The first-order chi connectivity index (χ1) is 7.97. The van der Waals surface area contributed by atoms with Crippen molar-refractivity contribution in [3.8, 4) is 0 Å². The van der Waals surface area contributed by atoms with Crippen LogP contribution < -0.4 is 5.32 Å². The molecule has 1 aliphatic rings. The summed E-state index contributed by atoms with van der Waals surface area (Å²) in [4.78, 5) is 2.68. The molecule has 0 aromatic heterocycles. The van der Waals surface area contributed by atoms with E-state index >= 15 is 0 Å². The molecule has 1 fully saturated rings. The fourth-order valence-corrected chi connectivity index (χ4v) is 3.31. The molecule has 0 aliphatic carbocycles. The van der Waals surface area contributed by atoms with E-state index in [2.05, 4.69) is 56.6 Å². The monoisotopic (exact) mass is 258 g/mol. The maximum Gasteiger partial charge on any atom is 0.0158 e. The summed E-state index contributed by atoms with van der Waals surface area (Å²) in [6, 6.07) is 1.34. The number of rotatable bonds is 6. The average molecular weight is 258 g/mol. The molecule has 0 bridgehead atoms. The maximum atomic E-state index is 3.61. The molecule has 1 rings (SSSR count). The maximum absolute atomic E-state index is 3.61. The molecule has 0 aromatic carbocycles. The molecule has 1 saturated heterocycles. The Bertz CT molecular complexity index is 220. The molecule has 2 atom stereocenters. The lowest BCUT2D eigenvalue weighted by atomic mass is 9.86. The lowest BCUT2D eigenvalue weighted by Crippen LogP contribution is -2.49. The summed E-state index contributed by atoms with van der Waals surface area (Å²) in [6.07, 6.45) is 1.25. The molecular formula is C14H30N2S. The van der Waals surface area contributed by atoms with Crippen molar-refractivity contribution in [2.45, 2.75) is 53.1 Å². The van der Waals surface area contributed by atoms with Gasteiger partial charge in [-0.25, -0.2) is 0 Å². The molecule has 3 heteroatoms. The van der Waals surface area contributed by atoms with Crippen molar-refractivity contribution in [1.29, 1.82) is 0 Å². The number of hydrogen-bond donors (Lipinski definition) is 1. The van der Waals surface area contributed by atoms with Gasteiger partial charge in [0.15, 0.2) is 0 Å². The molecule has 2 nitrogen and oxygen atoms in total. The molecular weight excluding hydrogens is 228 g/mol. The van der Waals surface area contributed by atoms with E-state index in [-0.39, 0.29) is 0 Å². The van der Waals surface area contributed by atoms with E-state index in [9.17, 15) is 0 Å². The summed E-state index contributed by atoms with van der Waals surface area (Å²) in [6.45, 7) is 15.2. The van der Waals surface area contributed by atoms with E-state index in [4.69, 9.17) is 0 Å². The first-order valence-corrected chi connectivity index (χ1v) is 8.17. The van der Waals surface area contributed by atoms with Crippen LogP contribution in [0.25, 0.3) is 0 Å². The Morgan fingerprint density at radius 1 is 1.47 bits per heavy atom. The molecule has 102 valence electrons. The van der Waals surface area contributed by atoms with E-state index in [1.165, 1.54) is 31.0 Å². The molecule has 0 radical (unpaired) electrons. The van der Waals surface area contributed by atoms with E-state index in [1.807, 2.05) is 0 Å². The van der Waals surface area contributed by atoms with E-state index < -0.39 is 0 Å². The number of nitrogens with one attached hydrogen (secondary N) is 1. The van der Waals surface area contributed by atoms with Crippen molar-refractivity contribution >= 4 is 11.8 Å². The second-order valence-electron chi connectivity index (χ2n) is 6.09. The Balaban J connectivity index is 2.48. The van der Waals surface area contributed by atoms with E-state index in [0.29, 0.717) is 11.5 Å². The van der Waals surface area contributed by atoms with E-state index in [0.717, 1.165) is 12.6 Å². The Morgan fingerprint density at radius 2 is 2.18 bits per heavy atom. The molecule has 17 heavy (non-hydrogen) atoms. The highest BCUT2D eigenvalue weighted by molar-refractivity contribution is 7.99. The summed E-state index contributed by atoms with van der Waals surface area (Å²) < 4.78 is 0. The minimum atomic E-state index is 0.417. The molecule has 0 spiro atoms. The van der Waals surface area contributed by atoms with Crippen LogP contribution in [0.4, 0.5) is 0 Å². The van der Waals surface area contributed by atoms with Crippen LogP contribution in [0.15, 0.2) is 0 Å². The van der Waals surface area contributed by atoms with Gasteiger partial charge in [-0.15, -0.1) is 0 Å². The lowest BCUT2D eigenvalue weighted by molar-refractivity contribution is 0.130. The molecule has 1 N–H and O–H groups in total. The smallest absolute Gasteiger partial charge is 0.0158 e. The molecule has 2 unspecified atom stereocenters. The SMILES string of the molecule is CCC(C)(CNC(C)C)CN1CCSCC1C. The summed E-state index contributed by atoms with van der Waals surface area (Å²) in [7, 11) is 0. The molecule has 0 aromatic rings. The highest BCUT2D eigenvalue weighted by Crippen LogP contribution is 2.26. The Labute approximate surface area is 112 Å². The Kier molecular flexibility index (Phi) is 6.32. The van der Waals surface area contributed by atoms with Gasteiger partial charge >= 0.3 is 0 Å². The largest absolute Gasteiger partial charge is 0.314 e. The lowest BCUT2D eigenvalue weighted by Gasteiger charge is -2.40. The van der Waals surface area contributed by atoms with Gasteiger partial charge in [-0.1, -0.05) is 27.7 Å². The van der Waals surface area contributed by atoms with Gasteiger partial charge in [0.2, 0.25) is 0 Å². The van der Waals surface area contributed by atoms with Crippen LogP contribution in [-0.2, 0) is 0 Å². The average Bonchev–Trinajstić information content (AvgIpc) is 2.30. The third-order valence-corrected chi connectivity index (χ3v) is 5.07. The van der Waals surface area contributed by atoms with Crippen LogP contribution >= 0.6 is 11.8 Å². The van der Waals surface area contributed by atoms with Crippen molar-refractivity contribution in [2.24, 2.45) is 5.41 Å². The van der Waals surface area contributed by atoms with Crippen molar-refractivity contribution in [3.05, 3.63) is 0 Å². The second kappa shape index (κ2) is 7.01. The number of hydrogen-bond acceptors (Lipinski definition) is 3. The highest BCUT2D eigenvalue weighted by atomic mass is 32.2. The Hall–Kier alpha value is 0.270. The zero-order valence-corrected chi connectivity index (χ0v) is 13.1. The van der Waals surface area contributed by atoms with Gasteiger partial charge in [-0.2, -0.15) is 11.8 Å². The van der Waals surface area contributed by atoms with Gasteiger partial charge in [-0.3, -0.25) is 4.90 Å². The predicted molar refractivity (Wildman–Crippen MR) is 79.9 cm³/mol. The molecule has 0 amide bonds. The number of nitrogens with zero attached hydrogens (tertiary/aromatic N) is 1. The second-order valence-corrected chi connectivity index (χ2v) is 7.24. The van der Waals surface area contributed by atoms with Gasteiger partial charge in [-0.05, 0) is 18.8 Å². The Morgan fingerprint density at radius 3 is 2.71 bits per heavy atom. The van der Waals surface area contributed by atoms with Crippen molar-refractivity contribution < 1.29 is 0 Å². The van der Waals surface area contributed by atoms with Crippen LogP contribution in [-0.4, -0.2) is 48.1 Å². The first-order valence-electron chi connectivity index (χ1n) is 7.02. The van der Waals surface area contributed by atoms with Crippen molar-refractivity contribution in [1.82, 2.24) is 10.2 Å². The van der Waals surface area contributed by atoms with Crippen molar-refractivity contribution in [2.75, 3.05) is 31.1 Å². The summed E-state index contributed by atoms with van der Waals surface area (Å²) in [5.74, 6) is 2.61. The van der Waals surface area contributed by atoms with Crippen LogP contribution in [0.1, 0.15) is 41.0 Å². The van der Waals surface area contributed by atoms with Crippen LogP contribution in [0, 0.1) is 5.41 Å². The summed E-state index contributed by atoms with van der Waals surface area (Å²) in [5, 5.41) is 3.61. The van der Waals surface area contributed by atoms with Gasteiger partial charge in [0.1, 0.15) is 0 Å². The van der Waals surface area contributed by atoms with Crippen LogP contribution in [0.3, 0.4) is 0 Å². The minimum Gasteiger partial charge on any atom is -0.314 e. The van der Waals surface area contributed by atoms with Crippen molar-refractivity contribution in [3.63, 3.8) is 0 Å². The fourth-order valence-electron chi connectivity index (χ4n) is 2.23. The highest BCUT2D eigenvalue weighted by Gasteiger charge is 2.28. The number of thioether (sulfide) groups is 1. The zero-order valence-electron chi connectivity index (χ0n) is 12.3.